The minimum absolute atomic E-state index is 0.0931. The van der Waals surface area contributed by atoms with Crippen LogP contribution in [-0.4, -0.2) is 9.55 Å². The van der Waals surface area contributed by atoms with Crippen LogP contribution in [0.4, 0.5) is 5.69 Å². The molecule has 5 heteroatoms. The van der Waals surface area contributed by atoms with Gasteiger partial charge in [-0.1, -0.05) is 39.0 Å². The Hall–Kier alpha value is -1.52. The maximum absolute atomic E-state index is 11.4. The highest BCUT2D eigenvalue weighted by Gasteiger charge is 2.00. The molecule has 0 atom stereocenters. The van der Waals surface area contributed by atoms with Crippen LogP contribution in [0.1, 0.15) is 45.4 Å². The quantitative estimate of drug-likeness (QED) is 0.707. The minimum Gasteiger partial charge on any atom is -0.393 e. The lowest BCUT2D eigenvalue weighted by Crippen LogP contribution is -2.31. The Bertz CT molecular complexity index is 448. The molecule has 0 unspecified atom stereocenters. The molecule has 5 nitrogen and oxygen atoms in total. The molecular weight excluding hydrogens is 218 g/mol. The van der Waals surface area contributed by atoms with E-state index in [0.29, 0.717) is 6.54 Å². The number of hydrogen-bond acceptors (Lipinski definition) is 3. The van der Waals surface area contributed by atoms with Gasteiger partial charge in [-0.25, -0.2) is 4.79 Å². The molecule has 0 fully saturated rings. The summed E-state index contributed by atoms with van der Waals surface area (Å²) in [5, 5.41) is 0. The highest BCUT2D eigenvalue weighted by atomic mass is 16.2. The summed E-state index contributed by atoms with van der Waals surface area (Å²) in [4.78, 5) is 24.7. The fourth-order valence-corrected chi connectivity index (χ4v) is 1.75. The molecule has 1 rings (SSSR count). The number of nitrogen functional groups attached to an aromatic ring is 1. The number of aryl methyl sites for hydroxylation is 1. The van der Waals surface area contributed by atoms with Crippen LogP contribution in [0.5, 0.6) is 0 Å². The van der Waals surface area contributed by atoms with Crippen LogP contribution in [0.3, 0.4) is 0 Å². The van der Waals surface area contributed by atoms with Gasteiger partial charge in [0, 0.05) is 12.7 Å². The van der Waals surface area contributed by atoms with Crippen molar-refractivity contribution in [2.75, 3.05) is 5.73 Å². The molecule has 0 aliphatic carbocycles. The predicted molar refractivity (Wildman–Crippen MR) is 69.1 cm³/mol. The van der Waals surface area contributed by atoms with Gasteiger partial charge in [-0.05, 0) is 6.42 Å². The smallest absolute Gasteiger partial charge is 0.328 e. The molecule has 17 heavy (non-hydrogen) atoms. The van der Waals surface area contributed by atoms with E-state index in [9.17, 15) is 9.59 Å². The highest BCUT2D eigenvalue weighted by molar-refractivity contribution is 5.30. The number of aromatic nitrogens is 2. The summed E-state index contributed by atoms with van der Waals surface area (Å²) in [5.74, 6) is 0. The summed E-state index contributed by atoms with van der Waals surface area (Å²) < 4.78 is 1.47. The normalized spacial score (nSPS) is 10.6. The van der Waals surface area contributed by atoms with Crippen molar-refractivity contribution in [1.29, 1.82) is 0 Å². The molecule has 0 spiro atoms. The number of H-pyrrole nitrogens is 1. The van der Waals surface area contributed by atoms with Crippen molar-refractivity contribution < 1.29 is 0 Å². The van der Waals surface area contributed by atoms with E-state index in [0.717, 1.165) is 12.8 Å². The number of anilines is 1. The molecule has 1 aromatic rings. The fourth-order valence-electron chi connectivity index (χ4n) is 1.75. The first-order valence-corrected chi connectivity index (χ1v) is 6.24. The van der Waals surface area contributed by atoms with Crippen LogP contribution in [0.15, 0.2) is 15.8 Å². The number of nitrogens with two attached hydrogens (primary N) is 1. The second-order valence-electron chi connectivity index (χ2n) is 4.30. The molecule has 0 aliphatic rings. The molecule has 96 valence electrons. The summed E-state index contributed by atoms with van der Waals surface area (Å²) in [7, 11) is 0. The lowest BCUT2D eigenvalue weighted by Gasteiger charge is -2.05. The van der Waals surface area contributed by atoms with Crippen LogP contribution >= 0.6 is 0 Å². The van der Waals surface area contributed by atoms with Crippen molar-refractivity contribution in [3.05, 3.63) is 27.0 Å². The molecule has 0 bridgehead atoms. The third-order valence-corrected chi connectivity index (χ3v) is 2.79. The monoisotopic (exact) mass is 239 g/mol. The topological polar surface area (TPSA) is 80.9 Å². The first-order valence-electron chi connectivity index (χ1n) is 6.24. The van der Waals surface area contributed by atoms with E-state index in [2.05, 4.69) is 11.9 Å². The molecule has 0 saturated heterocycles. The lowest BCUT2D eigenvalue weighted by atomic mass is 10.1. The van der Waals surface area contributed by atoms with Crippen molar-refractivity contribution in [1.82, 2.24) is 9.55 Å². The van der Waals surface area contributed by atoms with Gasteiger partial charge in [0.2, 0.25) is 0 Å². The largest absolute Gasteiger partial charge is 0.393 e. The summed E-state index contributed by atoms with van der Waals surface area (Å²) in [6, 6.07) is 0. The Morgan fingerprint density at radius 1 is 1.18 bits per heavy atom. The van der Waals surface area contributed by atoms with E-state index in [1.165, 1.54) is 36.4 Å². The summed E-state index contributed by atoms with van der Waals surface area (Å²) in [5.41, 5.74) is 4.67. The summed E-state index contributed by atoms with van der Waals surface area (Å²) in [6.07, 6.45) is 8.41. The standard InChI is InChI=1S/C12H21N3O2/c1-2-3-4-5-6-7-8-15-9-10(13)11(16)14-12(15)17/h9H,2-8,13H2,1H3,(H,14,16,17). The van der Waals surface area contributed by atoms with Crippen LogP contribution in [0, 0.1) is 0 Å². The van der Waals surface area contributed by atoms with E-state index in [-0.39, 0.29) is 11.4 Å². The molecule has 0 amide bonds. The van der Waals surface area contributed by atoms with E-state index in [1.54, 1.807) is 0 Å². The zero-order valence-corrected chi connectivity index (χ0v) is 10.4. The highest BCUT2D eigenvalue weighted by Crippen LogP contribution is 2.05. The Morgan fingerprint density at radius 2 is 1.82 bits per heavy atom. The molecule has 3 N–H and O–H groups in total. The van der Waals surface area contributed by atoms with Gasteiger partial charge in [0.1, 0.15) is 5.69 Å². The van der Waals surface area contributed by atoms with Crippen molar-refractivity contribution in [3.63, 3.8) is 0 Å². The third kappa shape index (κ3) is 4.46. The predicted octanol–water partition coefficient (Wildman–Crippen LogP) is 1.48. The Kier molecular flexibility index (Phi) is 5.52. The number of nitrogens with one attached hydrogen (secondary N) is 1. The van der Waals surface area contributed by atoms with Crippen LogP contribution in [0.2, 0.25) is 0 Å². The van der Waals surface area contributed by atoms with E-state index < -0.39 is 5.56 Å². The minimum atomic E-state index is -0.505. The first kappa shape index (κ1) is 13.5. The first-order chi connectivity index (χ1) is 8.15. The molecule has 0 aromatic carbocycles. The zero-order valence-electron chi connectivity index (χ0n) is 10.4. The Morgan fingerprint density at radius 3 is 2.53 bits per heavy atom. The van der Waals surface area contributed by atoms with Gasteiger partial charge in [-0.3, -0.25) is 14.3 Å². The van der Waals surface area contributed by atoms with Crippen LogP contribution in [0.25, 0.3) is 0 Å². The third-order valence-electron chi connectivity index (χ3n) is 2.79. The number of rotatable bonds is 7. The number of nitrogens with zero attached hydrogens (tertiary/aromatic N) is 1. The van der Waals surface area contributed by atoms with Gasteiger partial charge in [-0.15, -0.1) is 0 Å². The molecular formula is C12H21N3O2. The van der Waals surface area contributed by atoms with Crippen molar-refractivity contribution in [3.8, 4) is 0 Å². The second-order valence-corrected chi connectivity index (χ2v) is 4.30. The Labute approximate surface area is 101 Å². The van der Waals surface area contributed by atoms with Crippen LogP contribution < -0.4 is 17.0 Å². The van der Waals surface area contributed by atoms with Gasteiger partial charge < -0.3 is 5.73 Å². The van der Waals surface area contributed by atoms with Crippen molar-refractivity contribution >= 4 is 5.69 Å². The fraction of sp³-hybridized carbons (Fsp3) is 0.667. The van der Waals surface area contributed by atoms with E-state index in [4.69, 9.17) is 5.73 Å². The average molecular weight is 239 g/mol. The maximum atomic E-state index is 11.4. The average Bonchev–Trinajstić information content (AvgIpc) is 2.30. The Balaban J connectivity index is 2.39. The second kappa shape index (κ2) is 6.93. The van der Waals surface area contributed by atoms with Crippen molar-refractivity contribution in [2.45, 2.75) is 52.0 Å². The lowest BCUT2D eigenvalue weighted by molar-refractivity contribution is 0.543. The number of aromatic amines is 1. The molecule has 1 heterocycles. The van der Waals surface area contributed by atoms with E-state index in [1.807, 2.05) is 0 Å². The summed E-state index contributed by atoms with van der Waals surface area (Å²) in [6.45, 7) is 2.80. The van der Waals surface area contributed by atoms with Crippen LogP contribution in [-0.2, 0) is 6.54 Å². The summed E-state index contributed by atoms with van der Waals surface area (Å²) >= 11 is 0. The van der Waals surface area contributed by atoms with Gasteiger partial charge in [0.15, 0.2) is 0 Å². The van der Waals surface area contributed by atoms with Crippen molar-refractivity contribution in [2.24, 2.45) is 0 Å². The van der Waals surface area contributed by atoms with Gasteiger partial charge in [-0.2, -0.15) is 0 Å². The molecule has 0 aliphatic heterocycles. The zero-order chi connectivity index (χ0) is 12.7. The SMILES string of the molecule is CCCCCCCCn1cc(N)c(=O)[nH]c1=O. The number of hydrogen-bond donors (Lipinski definition) is 2. The maximum Gasteiger partial charge on any atom is 0.328 e. The molecule has 0 radical (unpaired) electrons. The molecule has 0 saturated carbocycles. The van der Waals surface area contributed by atoms with E-state index >= 15 is 0 Å². The van der Waals surface area contributed by atoms with Gasteiger partial charge in [0.25, 0.3) is 5.56 Å². The van der Waals surface area contributed by atoms with Gasteiger partial charge in [0.05, 0.1) is 0 Å². The van der Waals surface area contributed by atoms with Gasteiger partial charge >= 0.3 is 5.69 Å². The number of unbranched alkanes of at least 4 members (excludes halogenated alkanes) is 5. The molecule has 1 aromatic heterocycles.